The van der Waals surface area contributed by atoms with Crippen molar-refractivity contribution < 1.29 is 56.6 Å². The summed E-state index contributed by atoms with van der Waals surface area (Å²) in [5.74, 6) is 11.1. The van der Waals surface area contributed by atoms with Crippen LogP contribution in [0, 0.1) is 123 Å². The normalized spacial score (nSPS) is 49.7. The number of morpholine rings is 1. The van der Waals surface area contributed by atoms with Gasteiger partial charge in [0.25, 0.3) is 0 Å². The zero-order valence-electron chi connectivity index (χ0n) is 61.0. The second-order valence-corrected chi connectivity index (χ2v) is 40.0. The number of nitrogens with zero attached hydrogens (tertiary/aromatic N) is 5. The lowest BCUT2D eigenvalue weighted by molar-refractivity contribution is -0.140. The third kappa shape index (κ3) is 14.5. The highest BCUT2D eigenvalue weighted by atomic mass is 32.2. The molecular weight excluding hydrogens is 1250 g/mol. The Labute approximate surface area is 581 Å². The maximum absolute atomic E-state index is 15.5. The number of rotatable bonds is 10. The predicted octanol–water partition coefficient (Wildman–Crippen LogP) is 10.9. The van der Waals surface area contributed by atoms with Gasteiger partial charge in [-0.15, -0.1) is 0 Å². The van der Waals surface area contributed by atoms with E-state index in [0.29, 0.717) is 173 Å². The molecule has 28 atom stereocenters. The molecule has 0 spiro atoms. The van der Waals surface area contributed by atoms with Crippen molar-refractivity contribution in [2.75, 3.05) is 105 Å². The fourth-order valence-electron chi connectivity index (χ4n) is 26.8. The van der Waals surface area contributed by atoms with Crippen LogP contribution in [-0.2, 0) is 33.6 Å². The van der Waals surface area contributed by atoms with Gasteiger partial charge < -0.3 is 25.0 Å². The number of ketones is 3. The van der Waals surface area contributed by atoms with E-state index in [1.54, 1.807) is 13.2 Å². The van der Waals surface area contributed by atoms with Crippen LogP contribution < -0.4 is 0 Å². The van der Waals surface area contributed by atoms with Gasteiger partial charge in [-0.3, -0.25) is 38.1 Å². The van der Waals surface area contributed by atoms with Gasteiger partial charge in [0.15, 0.2) is 0 Å². The van der Waals surface area contributed by atoms with Crippen molar-refractivity contribution >= 4 is 38.8 Å². The summed E-state index contributed by atoms with van der Waals surface area (Å²) in [6.07, 6.45) is 21.1. The SMILES string of the molecule is C=S(C)(=O)N1CCN(CC(=O)[C@H]2CC[C@H]3[C@@H]4C[C@@H](F)[C@H]5C[C@](C)(O)CC[C@@H]5[C@H]4CC[C@]23C)CC1.CC(=O)N1CCN(CC(=O)[C@H]2CC[C@H]3[C@@H]4C[C@@H](F)[C@H]5C[C@](C)(O)CC[C@@H]5[C@H]4CC[C@]23C)CC1.C[C@@]1(O)CC[C@@H]2[C@H]3CC[C@]4(C)[C@@H](C(=O)CN5CCOCC5)CC[C@H]4[C@@H]3C[C@@H](F)[C@@H]2C1. The van der Waals surface area contributed by atoms with E-state index in [0.717, 1.165) is 168 Å². The number of halogens is 3. The average molecular weight is 1380 g/mol. The molecule has 3 saturated heterocycles. The van der Waals surface area contributed by atoms with E-state index in [1.807, 2.05) is 30.0 Å². The molecule has 0 bridgehead atoms. The molecule has 1 amide bonds. The number of Topliss-reactive ketones (excluding diaryl/α,β-unsaturated/α-hetero) is 3. The third-order valence-corrected chi connectivity index (χ3v) is 33.3. The molecule has 0 aromatic carbocycles. The van der Waals surface area contributed by atoms with Gasteiger partial charge in [-0.05, 0) is 286 Å². The zero-order valence-corrected chi connectivity index (χ0v) is 61.8. The van der Waals surface area contributed by atoms with Crippen molar-refractivity contribution in [1.29, 1.82) is 0 Å². The van der Waals surface area contributed by atoms with Crippen LogP contribution in [0.1, 0.15) is 203 Å². The van der Waals surface area contributed by atoms with Gasteiger partial charge in [0, 0.05) is 106 Å². The summed E-state index contributed by atoms with van der Waals surface area (Å²) in [5, 5.41) is 31.7. The zero-order chi connectivity index (χ0) is 69.1. The summed E-state index contributed by atoms with van der Waals surface area (Å²) in [7, 11) is -2.17. The molecule has 15 fully saturated rings. The van der Waals surface area contributed by atoms with Crippen LogP contribution in [0.2, 0.25) is 0 Å². The van der Waals surface area contributed by atoms with E-state index < -0.39 is 45.0 Å². The van der Waals surface area contributed by atoms with Crippen LogP contribution >= 0.6 is 0 Å². The molecule has 1 unspecified atom stereocenters. The van der Waals surface area contributed by atoms with E-state index >= 15 is 13.2 Å². The lowest BCUT2D eigenvalue weighted by Gasteiger charge is -2.57. The lowest BCUT2D eigenvalue weighted by Crippen LogP contribution is -2.55. The molecule has 3 N–H and O–H groups in total. The summed E-state index contributed by atoms with van der Waals surface area (Å²) >= 11 is 0. The van der Waals surface area contributed by atoms with E-state index in [-0.39, 0.29) is 57.7 Å². The summed E-state index contributed by atoms with van der Waals surface area (Å²) in [5.41, 5.74) is -2.05. The minimum absolute atomic E-state index is 0.00212. The van der Waals surface area contributed by atoms with Crippen molar-refractivity contribution in [2.24, 2.45) is 123 Å². The Morgan fingerprint density at radius 2 is 0.711 bits per heavy atom. The largest absolute Gasteiger partial charge is 0.390 e. The number of hydrogen-bond donors (Lipinski definition) is 3. The van der Waals surface area contributed by atoms with Crippen LogP contribution in [0.15, 0.2) is 0 Å². The maximum atomic E-state index is 15.5. The Balaban J connectivity index is 0.000000131. The molecule has 15 rings (SSSR count). The smallest absolute Gasteiger partial charge is 0.219 e. The molecule has 550 valence electrons. The number of carbonyl (C=O) groups is 4. The average Bonchev–Trinajstić information content (AvgIpc) is 1.69. The molecule has 18 heteroatoms. The number of ether oxygens (including phenoxy) is 1. The van der Waals surface area contributed by atoms with E-state index in [9.17, 15) is 38.7 Å². The van der Waals surface area contributed by atoms with Gasteiger partial charge in [-0.1, -0.05) is 20.8 Å². The molecule has 3 aliphatic heterocycles. The number of hydrogen-bond acceptors (Lipinski definition) is 12. The van der Waals surface area contributed by atoms with Gasteiger partial charge in [0.05, 0.1) is 49.7 Å². The molecule has 12 aliphatic carbocycles. The van der Waals surface area contributed by atoms with Crippen LogP contribution in [0.25, 0.3) is 0 Å². The minimum atomic E-state index is -2.17. The van der Waals surface area contributed by atoms with Gasteiger partial charge in [-0.2, -0.15) is 0 Å². The number of aliphatic hydroxyl groups is 3. The van der Waals surface area contributed by atoms with E-state index in [1.165, 1.54) is 0 Å². The summed E-state index contributed by atoms with van der Waals surface area (Å²) in [6.45, 7) is 24.9. The number of piperazine rings is 2. The summed E-state index contributed by atoms with van der Waals surface area (Å²) < 4.78 is 65.9. The van der Waals surface area contributed by atoms with E-state index in [2.05, 4.69) is 41.3 Å². The number of amides is 1. The molecule has 14 nitrogen and oxygen atoms in total. The lowest BCUT2D eigenvalue weighted by atomic mass is 9.48. The Hall–Kier alpha value is -2.03. The Bertz CT molecular complexity index is 2950. The molecule has 0 aromatic rings. The fraction of sp³-hybridized carbons (Fsp3) is 0.937. The molecule has 0 radical (unpaired) electrons. The van der Waals surface area contributed by atoms with Crippen LogP contribution in [0.3, 0.4) is 0 Å². The van der Waals surface area contributed by atoms with Crippen molar-refractivity contribution in [2.45, 2.75) is 238 Å². The molecular formula is C79H128F3N5O9S. The number of fused-ring (bicyclic) bond motifs is 15. The molecule has 15 aliphatic rings. The molecule has 0 aromatic heterocycles. The topological polar surface area (TPSA) is 171 Å². The van der Waals surface area contributed by atoms with Crippen molar-refractivity contribution in [3.63, 3.8) is 0 Å². The quantitative estimate of drug-likeness (QED) is 0.177. The highest BCUT2D eigenvalue weighted by Gasteiger charge is 2.64. The maximum Gasteiger partial charge on any atom is 0.219 e. The van der Waals surface area contributed by atoms with Crippen LogP contribution in [0.5, 0.6) is 0 Å². The fourth-order valence-corrected chi connectivity index (χ4v) is 27.8. The van der Waals surface area contributed by atoms with Crippen molar-refractivity contribution in [3.8, 4) is 0 Å². The first kappa shape index (κ1) is 73.3. The molecule has 3 heterocycles. The van der Waals surface area contributed by atoms with Gasteiger partial charge >= 0.3 is 0 Å². The van der Waals surface area contributed by atoms with Gasteiger partial charge in [0.2, 0.25) is 5.91 Å². The standard InChI is InChI=1S/C27H45FN2O3S.C27H43FN2O3.C25H40FNO3/c1-26(32)9-7-19-18-8-10-27(2)22(20(18)15-24(28)21(19)16-26)5-6-23(27)25(31)17-29-11-13-30(14-12-29)34(3,4)33;1-17(31)30-12-10-29(11-13-30)16-25(32)23-5-4-22-20-14-24(28)21-15-26(2,33)8-6-19(21)18(20)7-9-27(22,23)3;1-24(29)7-5-17-16-6-8-25(2)20(18(16)13-22(26)19(17)14-24)3-4-21(25)23(28)15-27-9-11-30-12-10-27/h18-24,32H,3,5-17H2,1-2,4H3;18-24,33H,4-16H2,1-3H3;16-22,29H,3-15H2,1-2H3/t18-,19-,20-,21+,22+,23-,24-,26-,27+,34?;18-,19-,20-,21+,22+,23-,24-,26-,27+;16-,17-,18-,19-,20+,21-,22-,24-,25+/m111/s1. The number of carbonyl (C=O) groups excluding carboxylic acids is 4. The van der Waals surface area contributed by atoms with Crippen LogP contribution in [0.4, 0.5) is 13.2 Å². The monoisotopic (exact) mass is 1380 g/mol. The van der Waals surface area contributed by atoms with E-state index in [4.69, 9.17) is 4.74 Å². The van der Waals surface area contributed by atoms with Gasteiger partial charge in [-0.25, -0.2) is 17.5 Å². The Morgan fingerprint density at radius 1 is 0.423 bits per heavy atom. The number of alkyl halides is 3. The summed E-state index contributed by atoms with van der Waals surface area (Å²) in [6, 6.07) is 0. The first-order chi connectivity index (χ1) is 45.8. The first-order valence-electron chi connectivity index (χ1n) is 39.5. The second-order valence-electron chi connectivity index (χ2n) is 37.5. The predicted molar refractivity (Wildman–Crippen MR) is 375 cm³/mol. The third-order valence-electron chi connectivity index (χ3n) is 31.8. The van der Waals surface area contributed by atoms with Gasteiger partial charge in [0.1, 0.15) is 35.9 Å². The molecule has 97 heavy (non-hydrogen) atoms. The highest BCUT2D eigenvalue weighted by molar-refractivity contribution is 7.97. The minimum Gasteiger partial charge on any atom is -0.390 e. The van der Waals surface area contributed by atoms with Crippen LogP contribution in [-0.4, -0.2) is 212 Å². The van der Waals surface area contributed by atoms with Crippen molar-refractivity contribution in [3.05, 3.63) is 0 Å². The van der Waals surface area contributed by atoms with Crippen molar-refractivity contribution in [1.82, 2.24) is 23.9 Å². The Kier molecular flexibility index (Phi) is 21.2. The highest BCUT2D eigenvalue weighted by Crippen LogP contribution is 2.69. The summed E-state index contributed by atoms with van der Waals surface area (Å²) in [4.78, 5) is 60.5. The second kappa shape index (κ2) is 28.1. The Morgan fingerprint density at radius 3 is 1.02 bits per heavy atom. The first-order valence-corrected chi connectivity index (χ1v) is 41.6. The molecule has 12 saturated carbocycles.